The van der Waals surface area contributed by atoms with Gasteiger partial charge in [-0.3, -0.25) is 0 Å². The van der Waals surface area contributed by atoms with Gasteiger partial charge in [-0.1, -0.05) is 133 Å². The van der Waals surface area contributed by atoms with Gasteiger partial charge in [-0.25, -0.2) is 0 Å². The topological polar surface area (TPSA) is 13.1 Å². The lowest BCUT2D eigenvalue weighted by atomic mass is 9.70. The summed E-state index contributed by atoms with van der Waals surface area (Å²) < 4.78 is 6.93. The highest BCUT2D eigenvalue weighted by Gasteiger charge is 2.55. The van der Waals surface area contributed by atoms with E-state index in [2.05, 4.69) is 109 Å². The summed E-state index contributed by atoms with van der Waals surface area (Å²) in [5, 5.41) is 0.745. The van der Waals surface area contributed by atoms with E-state index in [1.54, 1.807) is 0 Å². The Bertz CT molecular complexity index is 1780. The largest absolute Gasteiger partial charge is 0.455 e. The average molecular weight is 493 g/mol. The Balaban J connectivity index is 1.62. The average Bonchev–Trinajstić information content (AvgIpc) is 3.59. The van der Waals surface area contributed by atoms with Crippen molar-refractivity contribution in [3.8, 4) is 44.9 Å². The maximum atomic E-state index is 7.09. The molecule has 6 aromatic rings. The number of furan rings is 1. The van der Waals surface area contributed by atoms with Crippen molar-refractivity contribution in [2.24, 2.45) is 0 Å². The summed E-state index contributed by atoms with van der Waals surface area (Å²) in [6, 6.07) is 44.8. The maximum absolute atomic E-state index is 7.09. The van der Waals surface area contributed by atoms with E-state index in [-0.39, 0.29) is 0 Å². The fraction of sp³-hybridized carbons (Fsp3) is 0.0286. The van der Waals surface area contributed by atoms with Crippen molar-refractivity contribution in [3.05, 3.63) is 155 Å². The van der Waals surface area contributed by atoms with Gasteiger partial charge in [0, 0.05) is 32.8 Å². The molecule has 0 radical (unpaired) electrons. The van der Waals surface area contributed by atoms with E-state index in [0.29, 0.717) is 0 Å². The van der Waals surface area contributed by atoms with Crippen LogP contribution in [0.1, 0.15) is 22.3 Å². The smallest absolute Gasteiger partial charge is 0.143 e. The molecular weight excluding hydrogens is 472 g/mol. The van der Waals surface area contributed by atoms with Gasteiger partial charge in [0.1, 0.15) is 11.5 Å². The molecule has 0 aliphatic heterocycles. The number of hydrogen-bond donors (Lipinski definition) is 0. The minimum atomic E-state index is -0.523. The Morgan fingerprint density at radius 2 is 0.973 bits per heavy atom. The third-order valence-corrected chi connectivity index (χ3v) is 8.29. The molecule has 0 N–H and O–H groups in total. The first-order valence-electron chi connectivity index (χ1n) is 12.6. The molecule has 1 spiro atoms. The molecule has 0 atom stereocenters. The van der Waals surface area contributed by atoms with Crippen LogP contribution in [0.3, 0.4) is 0 Å². The Morgan fingerprint density at radius 3 is 1.59 bits per heavy atom. The van der Waals surface area contributed by atoms with Gasteiger partial charge >= 0.3 is 0 Å². The van der Waals surface area contributed by atoms with Crippen LogP contribution >= 0.6 is 11.6 Å². The Hall–Kier alpha value is -4.33. The molecule has 37 heavy (non-hydrogen) atoms. The third-order valence-electron chi connectivity index (χ3n) is 7.98. The molecule has 8 rings (SSSR count). The van der Waals surface area contributed by atoms with Crippen molar-refractivity contribution in [3.63, 3.8) is 0 Å². The number of rotatable bonds is 2. The van der Waals surface area contributed by atoms with Crippen LogP contribution in [0.2, 0.25) is 5.02 Å². The molecule has 0 saturated heterocycles. The minimum Gasteiger partial charge on any atom is -0.455 e. The predicted molar refractivity (Wildman–Crippen MR) is 151 cm³/mol. The first kappa shape index (κ1) is 20.8. The highest BCUT2D eigenvalue weighted by Crippen LogP contribution is 2.67. The van der Waals surface area contributed by atoms with Gasteiger partial charge in [0.2, 0.25) is 0 Å². The van der Waals surface area contributed by atoms with Crippen LogP contribution < -0.4 is 0 Å². The van der Waals surface area contributed by atoms with Crippen molar-refractivity contribution in [1.82, 2.24) is 0 Å². The maximum Gasteiger partial charge on any atom is 0.143 e. The predicted octanol–water partition coefficient (Wildman–Crippen LogP) is 9.61. The second kappa shape index (κ2) is 7.59. The molecule has 2 aliphatic rings. The number of hydrogen-bond acceptors (Lipinski definition) is 1. The molecule has 1 heterocycles. The van der Waals surface area contributed by atoms with E-state index in [0.717, 1.165) is 38.8 Å². The molecule has 1 aromatic heterocycles. The summed E-state index contributed by atoms with van der Waals surface area (Å²) in [7, 11) is 0. The molecule has 174 valence electrons. The lowest BCUT2D eigenvalue weighted by molar-refractivity contribution is 0.588. The van der Waals surface area contributed by atoms with Gasteiger partial charge in [0.05, 0.1) is 5.41 Å². The monoisotopic (exact) mass is 492 g/mol. The van der Waals surface area contributed by atoms with Gasteiger partial charge < -0.3 is 4.42 Å². The second-order valence-corrected chi connectivity index (χ2v) is 10.2. The molecule has 5 aromatic carbocycles. The Labute approximate surface area is 220 Å². The Kier molecular flexibility index (Phi) is 4.27. The first-order valence-corrected chi connectivity index (χ1v) is 12.9. The number of benzene rings is 5. The summed E-state index contributed by atoms with van der Waals surface area (Å²) >= 11 is 7.09. The van der Waals surface area contributed by atoms with Gasteiger partial charge in [0.15, 0.2) is 0 Å². The van der Waals surface area contributed by atoms with Crippen molar-refractivity contribution in [1.29, 1.82) is 0 Å². The molecule has 1 nitrogen and oxygen atoms in total. The summed E-state index contributed by atoms with van der Waals surface area (Å²) in [6.07, 6.45) is 0. The van der Waals surface area contributed by atoms with Crippen LogP contribution in [0.4, 0.5) is 0 Å². The zero-order valence-corrected chi connectivity index (χ0v) is 20.7. The summed E-state index contributed by atoms with van der Waals surface area (Å²) in [5.74, 6) is 1.76. The zero-order valence-electron chi connectivity index (χ0n) is 19.9. The zero-order chi connectivity index (χ0) is 24.6. The van der Waals surface area contributed by atoms with E-state index in [1.807, 2.05) is 18.2 Å². The van der Waals surface area contributed by atoms with Crippen molar-refractivity contribution in [2.75, 3.05) is 0 Å². The van der Waals surface area contributed by atoms with Crippen LogP contribution in [-0.2, 0) is 5.41 Å². The highest BCUT2D eigenvalue weighted by molar-refractivity contribution is 6.34. The van der Waals surface area contributed by atoms with E-state index in [1.165, 1.54) is 33.4 Å². The summed E-state index contributed by atoms with van der Waals surface area (Å²) in [6.45, 7) is 0. The Morgan fingerprint density at radius 1 is 0.459 bits per heavy atom. The summed E-state index contributed by atoms with van der Waals surface area (Å²) in [4.78, 5) is 0. The highest BCUT2D eigenvalue weighted by atomic mass is 35.5. The van der Waals surface area contributed by atoms with Gasteiger partial charge in [-0.05, 0) is 33.9 Å². The first-order chi connectivity index (χ1) is 18.3. The van der Waals surface area contributed by atoms with Crippen molar-refractivity contribution < 1.29 is 4.42 Å². The van der Waals surface area contributed by atoms with Gasteiger partial charge in [0.25, 0.3) is 0 Å². The fourth-order valence-electron chi connectivity index (χ4n) is 6.63. The van der Waals surface area contributed by atoms with Crippen LogP contribution in [0, 0.1) is 0 Å². The third kappa shape index (κ3) is 2.59. The number of fused-ring (bicyclic) bond motifs is 10. The molecule has 0 amide bonds. The standard InChI is InChI=1S/C35H21ClO/c36-29-21-11-20-28-30(29)31-32(35(28)26-18-9-7-16-24(26)25-17-8-10-19-27(25)35)34(23-14-5-2-6-15-23)37-33(31)22-12-3-1-4-13-22/h1-21H. The van der Waals surface area contributed by atoms with E-state index >= 15 is 0 Å². The number of halogens is 1. The van der Waals surface area contributed by atoms with Crippen molar-refractivity contribution in [2.45, 2.75) is 5.41 Å². The molecule has 0 fully saturated rings. The second-order valence-electron chi connectivity index (χ2n) is 9.75. The molecule has 0 saturated carbocycles. The van der Waals surface area contributed by atoms with Crippen LogP contribution in [0.25, 0.3) is 44.9 Å². The van der Waals surface area contributed by atoms with Crippen LogP contribution in [0.15, 0.2) is 132 Å². The van der Waals surface area contributed by atoms with E-state index in [9.17, 15) is 0 Å². The molecule has 0 bridgehead atoms. The van der Waals surface area contributed by atoms with Gasteiger partial charge in [-0.15, -0.1) is 0 Å². The molecular formula is C35H21ClO. The van der Waals surface area contributed by atoms with Crippen LogP contribution in [-0.4, -0.2) is 0 Å². The van der Waals surface area contributed by atoms with E-state index < -0.39 is 5.41 Å². The molecule has 2 aliphatic carbocycles. The quantitative estimate of drug-likeness (QED) is 0.234. The van der Waals surface area contributed by atoms with Gasteiger partial charge in [-0.2, -0.15) is 0 Å². The lowest BCUT2D eigenvalue weighted by Gasteiger charge is -2.30. The van der Waals surface area contributed by atoms with Crippen LogP contribution in [0.5, 0.6) is 0 Å². The van der Waals surface area contributed by atoms with E-state index in [4.69, 9.17) is 16.0 Å². The lowest BCUT2D eigenvalue weighted by Crippen LogP contribution is -2.26. The normalized spacial score (nSPS) is 13.8. The van der Waals surface area contributed by atoms with Crippen molar-refractivity contribution >= 4 is 11.6 Å². The summed E-state index contributed by atoms with van der Waals surface area (Å²) in [5.41, 5.74) is 11.2. The molecule has 2 heteroatoms. The molecule has 0 unspecified atom stereocenters. The SMILES string of the molecule is Clc1cccc2c1-c1c(-c3ccccc3)oc(-c3ccccc3)c1C21c2ccccc2-c2ccccc21. The minimum absolute atomic E-state index is 0.523. The fourth-order valence-corrected chi connectivity index (χ4v) is 6.90.